The molecule has 0 aliphatic rings. The van der Waals surface area contributed by atoms with Gasteiger partial charge in [0.15, 0.2) is 0 Å². The number of benzene rings is 2. The zero-order chi connectivity index (χ0) is 32.6. The maximum Gasteiger partial charge on any atom is 0.408 e. The van der Waals surface area contributed by atoms with Crippen molar-refractivity contribution < 1.29 is 37.9 Å². The van der Waals surface area contributed by atoms with Crippen molar-refractivity contribution in [3.05, 3.63) is 108 Å². The molecule has 14 nitrogen and oxygen atoms in total. The van der Waals surface area contributed by atoms with Gasteiger partial charge in [-0.3, -0.25) is 29.4 Å². The number of nitrogens with two attached hydrogens (primary N) is 1. The first kappa shape index (κ1) is 33.6. The monoisotopic (exact) mass is 618 g/mol. The van der Waals surface area contributed by atoms with E-state index in [4.69, 9.17) is 14.9 Å². The summed E-state index contributed by atoms with van der Waals surface area (Å²) in [5.41, 5.74) is 8.98. The number of nitrogens with zero attached hydrogens (tertiary/aromatic N) is 1. The standard InChI is InChI=1S/C31H34N6O8/c1-21(34-31(43)45-20-23-11-6-3-7-12-23)29(41)35-25(17-22-9-4-2-5-10-22)30(42)36-37(19-26(32)38)28(40)15-14-27(39)33-18-24-13-8-16-44-24/h2-16,21,25H,17-20H2,1H3,(H2,32,38)(H,33,39)(H,34,43)(H,35,41)(H,36,42)/b15-14+/t21-,25-/m0/s1. The summed E-state index contributed by atoms with van der Waals surface area (Å²) in [7, 11) is 0. The molecule has 6 N–H and O–H groups in total. The number of carbonyl (C=O) groups is 6. The van der Waals surface area contributed by atoms with Gasteiger partial charge in [0.1, 0.15) is 31.0 Å². The van der Waals surface area contributed by atoms with Crippen molar-refractivity contribution in [3.8, 4) is 0 Å². The Morgan fingerprint density at radius 3 is 2.16 bits per heavy atom. The highest BCUT2D eigenvalue weighted by molar-refractivity contribution is 5.99. The minimum atomic E-state index is -1.26. The molecule has 6 amide bonds. The third-order valence-corrected chi connectivity index (χ3v) is 6.08. The molecule has 0 aliphatic carbocycles. The average Bonchev–Trinajstić information content (AvgIpc) is 3.55. The zero-order valence-electron chi connectivity index (χ0n) is 24.4. The Balaban J connectivity index is 1.64. The maximum absolute atomic E-state index is 13.4. The highest BCUT2D eigenvalue weighted by atomic mass is 16.5. The number of hydrogen-bond acceptors (Lipinski definition) is 8. The van der Waals surface area contributed by atoms with E-state index in [1.165, 1.54) is 13.2 Å². The van der Waals surface area contributed by atoms with Crippen molar-refractivity contribution in [2.24, 2.45) is 5.73 Å². The van der Waals surface area contributed by atoms with Crippen molar-refractivity contribution in [2.45, 2.75) is 38.6 Å². The summed E-state index contributed by atoms with van der Waals surface area (Å²) in [6.07, 6.45) is 2.35. The lowest BCUT2D eigenvalue weighted by atomic mass is 10.0. The minimum absolute atomic E-state index is 0.00673. The molecule has 1 aromatic heterocycles. The quantitative estimate of drug-likeness (QED) is 0.129. The second-order valence-electron chi connectivity index (χ2n) is 9.68. The molecule has 3 rings (SSSR count). The van der Waals surface area contributed by atoms with Crippen LogP contribution in [0, 0.1) is 0 Å². The summed E-state index contributed by atoms with van der Waals surface area (Å²) in [5, 5.41) is 8.09. The number of furan rings is 1. The number of ether oxygens (including phenoxy) is 1. The summed E-state index contributed by atoms with van der Waals surface area (Å²) in [4.78, 5) is 75.2. The fourth-order valence-electron chi connectivity index (χ4n) is 3.79. The van der Waals surface area contributed by atoms with E-state index in [1.54, 1.807) is 66.7 Å². The van der Waals surface area contributed by atoms with Crippen LogP contribution in [0.1, 0.15) is 23.8 Å². The number of carbonyl (C=O) groups excluding carboxylic acids is 6. The number of rotatable bonds is 14. The lowest BCUT2D eigenvalue weighted by Gasteiger charge is -2.26. The molecule has 1 heterocycles. The minimum Gasteiger partial charge on any atom is -0.467 e. The lowest BCUT2D eigenvalue weighted by molar-refractivity contribution is -0.142. The van der Waals surface area contributed by atoms with Gasteiger partial charge in [0, 0.05) is 18.6 Å². The van der Waals surface area contributed by atoms with Gasteiger partial charge in [-0.05, 0) is 30.2 Å². The topological polar surface area (TPSA) is 202 Å². The summed E-state index contributed by atoms with van der Waals surface area (Å²) in [5.74, 6) is -3.61. The van der Waals surface area contributed by atoms with Crippen LogP contribution < -0.4 is 27.1 Å². The summed E-state index contributed by atoms with van der Waals surface area (Å²) >= 11 is 0. The second kappa shape index (κ2) is 17.3. The molecule has 0 aliphatic heterocycles. The fourth-order valence-corrected chi connectivity index (χ4v) is 3.79. The largest absolute Gasteiger partial charge is 0.467 e. The summed E-state index contributed by atoms with van der Waals surface area (Å²) in [6, 6.07) is 18.6. The van der Waals surface area contributed by atoms with Gasteiger partial charge in [0.25, 0.3) is 11.8 Å². The number of hydrogen-bond donors (Lipinski definition) is 5. The van der Waals surface area contributed by atoms with Crippen LogP contribution in [0.4, 0.5) is 4.79 Å². The van der Waals surface area contributed by atoms with E-state index in [2.05, 4.69) is 21.4 Å². The van der Waals surface area contributed by atoms with Crippen molar-refractivity contribution in [3.63, 3.8) is 0 Å². The molecule has 14 heteroatoms. The third-order valence-electron chi connectivity index (χ3n) is 6.08. The van der Waals surface area contributed by atoms with Gasteiger partial charge < -0.3 is 30.8 Å². The van der Waals surface area contributed by atoms with Crippen molar-refractivity contribution >= 4 is 35.6 Å². The maximum atomic E-state index is 13.4. The van der Waals surface area contributed by atoms with E-state index in [-0.39, 0.29) is 19.6 Å². The molecule has 0 fully saturated rings. The molecule has 0 spiro atoms. The van der Waals surface area contributed by atoms with E-state index >= 15 is 0 Å². The number of primary amides is 1. The van der Waals surface area contributed by atoms with Crippen LogP contribution in [0.5, 0.6) is 0 Å². The normalized spacial score (nSPS) is 11.9. The van der Waals surface area contributed by atoms with E-state index < -0.39 is 54.3 Å². The first-order chi connectivity index (χ1) is 21.6. The van der Waals surface area contributed by atoms with Crippen LogP contribution >= 0.6 is 0 Å². The Kier molecular flexibility index (Phi) is 12.9. The van der Waals surface area contributed by atoms with Crippen LogP contribution in [0.15, 0.2) is 95.6 Å². The smallest absolute Gasteiger partial charge is 0.408 e. The number of alkyl carbamates (subject to hydrolysis) is 1. The Morgan fingerprint density at radius 1 is 0.867 bits per heavy atom. The average molecular weight is 619 g/mol. The van der Waals surface area contributed by atoms with Gasteiger partial charge in [-0.25, -0.2) is 9.80 Å². The van der Waals surface area contributed by atoms with Crippen LogP contribution in [0.2, 0.25) is 0 Å². The fraction of sp³-hybridized carbons (Fsp3) is 0.226. The predicted molar refractivity (Wildman–Crippen MR) is 160 cm³/mol. The molecule has 0 saturated heterocycles. The lowest BCUT2D eigenvalue weighted by Crippen LogP contribution is -2.58. The zero-order valence-corrected chi connectivity index (χ0v) is 24.4. The summed E-state index contributed by atoms with van der Waals surface area (Å²) < 4.78 is 10.3. The Morgan fingerprint density at radius 2 is 1.53 bits per heavy atom. The highest BCUT2D eigenvalue weighted by Gasteiger charge is 2.27. The van der Waals surface area contributed by atoms with Gasteiger partial charge in [-0.1, -0.05) is 60.7 Å². The predicted octanol–water partition coefficient (Wildman–Crippen LogP) is 0.840. The van der Waals surface area contributed by atoms with Crippen LogP contribution in [0.25, 0.3) is 0 Å². The van der Waals surface area contributed by atoms with Gasteiger partial charge >= 0.3 is 6.09 Å². The molecule has 3 aromatic rings. The molecule has 0 unspecified atom stereocenters. The van der Waals surface area contributed by atoms with E-state index in [0.717, 1.165) is 17.7 Å². The van der Waals surface area contributed by atoms with Gasteiger partial charge in [0.05, 0.1) is 12.8 Å². The van der Waals surface area contributed by atoms with Crippen LogP contribution in [0.3, 0.4) is 0 Å². The second-order valence-corrected chi connectivity index (χ2v) is 9.68. The Labute approximate surface area is 258 Å². The van der Waals surface area contributed by atoms with Gasteiger partial charge in [-0.15, -0.1) is 0 Å². The molecular weight excluding hydrogens is 584 g/mol. The number of amides is 6. The third kappa shape index (κ3) is 12.1. The van der Waals surface area contributed by atoms with Crippen molar-refractivity contribution in [1.82, 2.24) is 26.4 Å². The first-order valence-corrected chi connectivity index (χ1v) is 13.8. The highest BCUT2D eigenvalue weighted by Crippen LogP contribution is 2.06. The molecular formula is C31H34N6O8. The first-order valence-electron chi connectivity index (χ1n) is 13.8. The van der Waals surface area contributed by atoms with Crippen molar-refractivity contribution in [1.29, 1.82) is 0 Å². The van der Waals surface area contributed by atoms with Crippen LogP contribution in [-0.2, 0) is 48.3 Å². The van der Waals surface area contributed by atoms with Gasteiger partial charge in [-0.2, -0.15) is 0 Å². The molecule has 0 radical (unpaired) electrons. The molecule has 2 atom stereocenters. The molecule has 0 bridgehead atoms. The molecule has 0 saturated carbocycles. The number of nitrogens with one attached hydrogen (secondary N) is 4. The molecule has 2 aromatic carbocycles. The number of hydrazine groups is 1. The Hall–Kier alpha value is -5.92. The Bertz CT molecular complexity index is 1480. The van der Waals surface area contributed by atoms with Crippen molar-refractivity contribution in [2.75, 3.05) is 6.54 Å². The van der Waals surface area contributed by atoms with Gasteiger partial charge in [0.2, 0.25) is 17.7 Å². The molecule has 45 heavy (non-hydrogen) atoms. The van der Waals surface area contributed by atoms with E-state index in [1.807, 2.05) is 6.07 Å². The summed E-state index contributed by atoms with van der Waals surface area (Å²) in [6.45, 7) is 0.746. The molecule has 236 valence electrons. The van der Waals surface area contributed by atoms with E-state index in [0.29, 0.717) is 16.3 Å². The van der Waals surface area contributed by atoms with Crippen LogP contribution in [-0.4, -0.2) is 59.3 Å². The SMILES string of the molecule is C[C@H](NC(=O)OCc1ccccc1)C(=O)N[C@@H](Cc1ccccc1)C(=O)NN(CC(N)=O)C(=O)/C=C/C(=O)NCc1ccco1. The van der Waals surface area contributed by atoms with E-state index in [9.17, 15) is 28.8 Å².